The number of thioether (sulfide) groups is 1. The van der Waals surface area contributed by atoms with Crippen LogP contribution < -0.4 is 0 Å². The standard InChI is InChI=1S/C19H32O2S/c1-7-14-22-18(20)15-17(3)11-8-10-16(2)12-9-13-19(4,5)21-6/h7-8,11,15-16H,1,9-10,12-14H2,2-6H3/b11-8+,17-15+. The lowest BCUT2D eigenvalue weighted by Crippen LogP contribution is -2.22. The first-order valence-electron chi connectivity index (χ1n) is 7.98. The van der Waals surface area contributed by atoms with E-state index in [4.69, 9.17) is 4.74 Å². The SMILES string of the molecule is C=CCSC(=O)/C=C(C)/C=C/CC(C)CCCC(C)(C)OC. The Morgan fingerprint density at radius 3 is 2.68 bits per heavy atom. The van der Waals surface area contributed by atoms with Crippen LogP contribution in [-0.4, -0.2) is 23.6 Å². The van der Waals surface area contributed by atoms with Gasteiger partial charge in [-0.3, -0.25) is 4.79 Å². The third kappa shape index (κ3) is 11.8. The molecule has 1 unspecified atom stereocenters. The minimum absolute atomic E-state index is 0.0155. The second-order valence-corrected chi connectivity index (χ2v) is 7.43. The summed E-state index contributed by atoms with van der Waals surface area (Å²) in [5, 5.41) is 0.0943. The van der Waals surface area contributed by atoms with Crippen LogP contribution in [0.25, 0.3) is 0 Å². The Balaban J connectivity index is 4.02. The van der Waals surface area contributed by atoms with Gasteiger partial charge in [-0.15, -0.1) is 6.58 Å². The molecule has 3 heteroatoms. The number of hydrogen-bond donors (Lipinski definition) is 0. The fourth-order valence-electron chi connectivity index (χ4n) is 2.00. The maximum atomic E-state index is 11.6. The van der Waals surface area contributed by atoms with E-state index in [9.17, 15) is 4.79 Å². The zero-order valence-corrected chi connectivity index (χ0v) is 15.7. The van der Waals surface area contributed by atoms with Gasteiger partial charge in [0.25, 0.3) is 0 Å². The normalized spacial score (nSPS) is 14.3. The summed E-state index contributed by atoms with van der Waals surface area (Å²) in [7, 11) is 1.77. The highest BCUT2D eigenvalue weighted by Gasteiger charge is 2.15. The van der Waals surface area contributed by atoms with Gasteiger partial charge in [0.05, 0.1) is 5.60 Å². The van der Waals surface area contributed by atoms with Crippen LogP contribution in [0.1, 0.15) is 53.4 Å². The minimum atomic E-state index is -0.0155. The summed E-state index contributed by atoms with van der Waals surface area (Å²) >= 11 is 1.28. The second kappa shape index (κ2) is 11.7. The number of allylic oxidation sites excluding steroid dienone is 3. The molecule has 0 spiro atoms. The molecule has 0 aliphatic heterocycles. The Kier molecular flexibility index (Phi) is 11.3. The van der Waals surface area contributed by atoms with E-state index in [-0.39, 0.29) is 10.7 Å². The first-order valence-corrected chi connectivity index (χ1v) is 8.97. The molecule has 0 N–H and O–H groups in total. The fraction of sp³-hybridized carbons (Fsp3) is 0.632. The lowest BCUT2D eigenvalue weighted by molar-refractivity contribution is -0.107. The number of hydrogen-bond acceptors (Lipinski definition) is 3. The first-order chi connectivity index (χ1) is 10.3. The van der Waals surface area contributed by atoms with Crippen molar-refractivity contribution in [2.24, 2.45) is 5.92 Å². The van der Waals surface area contributed by atoms with Gasteiger partial charge in [-0.05, 0) is 51.2 Å². The molecule has 0 heterocycles. The van der Waals surface area contributed by atoms with Crippen LogP contribution >= 0.6 is 11.8 Å². The van der Waals surface area contributed by atoms with E-state index in [0.717, 1.165) is 18.4 Å². The van der Waals surface area contributed by atoms with Gasteiger partial charge >= 0.3 is 0 Å². The van der Waals surface area contributed by atoms with Gasteiger partial charge in [-0.1, -0.05) is 49.8 Å². The molecule has 0 rings (SSSR count). The summed E-state index contributed by atoms with van der Waals surface area (Å²) < 4.78 is 5.44. The van der Waals surface area contributed by atoms with Gasteiger partial charge in [-0.25, -0.2) is 0 Å². The van der Waals surface area contributed by atoms with Crippen LogP contribution in [-0.2, 0) is 9.53 Å². The van der Waals surface area contributed by atoms with E-state index >= 15 is 0 Å². The molecule has 0 saturated carbocycles. The molecule has 0 bridgehead atoms. The highest BCUT2D eigenvalue weighted by atomic mass is 32.2. The molecule has 0 amide bonds. The van der Waals surface area contributed by atoms with Gasteiger partial charge in [0.1, 0.15) is 0 Å². The van der Waals surface area contributed by atoms with Crippen LogP contribution in [0.5, 0.6) is 0 Å². The molecule has 2 nitrogen and oxygen atoms in total. The van der Waals surface area contributed by atoms with Gasteiger partial charge in [0.15, 0.2) is 0 Å². The maximum Gasteiger partial charge on any atom is 0.212 e. The zero-order chi connectivity index (χ0) is 17.0. The highest BCUT2D eigenvalue weighted by Crippen LogP contribution is 2.20. The van der Waals surface area contributed by atoms with Crippen LogP contribution in [0.4, 0.5) is 0 Å². The number of rotatable bonds is 11. The molecular formula is C19H32O2S. The van der Waals surface area contributed by atoms with Crippen molar-refractivity contribution in [2.45, 2.75) is 59.0 Å². The molecule has 0 aromatic carbocycles. The summed E-state index contributed by atoms with van der Waals surface area (Å²) in [6, 6.07) is 0. The molecule has 0 fully saturated rings. The highest BCUT2D eigenvalue weighted by molar-refractivity contribution is 8.14. The van der Waals surface area contributed by atoms with Crippen LogP contribution in [0.3, 0.4) is 0 Å². The van der Waals surface area contributed by atoms with Crippen molar-refractivity contribution in [3.05, 3.63) is 36.5 Å². The van der Waals surface area contributed by atoms with Gasteiger partial charge in [0.2, 0.25) is 5.12 Å². The molecule has 0 aromatic rings. The third-order valence-corrected chi connectivity index (χ3v) is 4.44. The van der Waals surface area contributed by atoms with Crippen molar-refractivity contribution >= 4 is 16.9 Å². The smallest absolute Gasteiger partial charge is 0.212 e. The van der Waals surface area contributed by atoms with Crippen molar-refractivity contribution in [1.29, 1.82) is 0 Å². The topological polar surface area (TPSA) is 26.3 Å². The molecule has 0 saturated heterocycles. The van der Waals surface area contributed by atoms with Crippen LogP contribution in [0.2, 0.25) is 0 Å². The number of methoxy groups -OCH3 is 1. The molecule has 126 valence electrons. The van der Waals surface area contributed by atoms with Gasteiger partial charge in [0, 0.05) is 12.9 Å². The van der Waals surface area contributed by atoms with Gasteiger partial charge < -0.3 is 4.74 Å². The summed E-state index contributed by atoms with van der Waals surface area (Å²) in [6.07, 6.45) is 12.2. The molecule has 22 heavy (non-hydrogen) atoms. The Morgan fingerprint density at radius 2 is 2.09 bits per heavy atom. The quantitative estimate of drug-likeness (QED) is 0.283. The Labute approximate surface area is 141 Å². The molecule has 0 aromatic heterocycles. The average Bonchev–Trinajstić information content (AvgIpc) is 2.44. The monoisotopic (exact) mass is 324 g/mol. The first kappa shape index (κ1) is 21.2. The fourth-order valence-corrected chi connectivity index (χ4v) is 2.55. The summed E-state index contributed by atoms with van der Waals surface area (Å²) in [5.74, 6) is 1.32. The van der Waals surface area contributed by atoms with E-state index in [1.807, 2.05) is 13.0 Å². The molecule has 0 aliphatic carbocycles. The van der Waals surface area contributed by atoms with E-state index < -0.39 is 0 Å². The minimum Gasteiger partial charge on any atom is -0.379 e. The molecular weight excluding hydrogens is 292 g/mol. The number of carbonyl (C=O) groups is 1. The van der Waals surface area contributed by atoms with Crippen LogP contribution in [0, 0.1) is 5.92 Å². The average molecular weight is 325 g/mol. The second-order valence-electron chi connectivity index (χ2n) is 6.41. The van der Waals surface area contributed by atoms with Crippen molar-refractivity contribution in [3.63, 3.8) is 0 Å². The van der Waals surface area contributed by atoms with Crippen molar-refractivity contribution in [2.75, 3.05) is 12.9 Å². The number of carbonyl (C=O) groups excluding carboxylic acids is 1. The summed E-state index contributed by atoms with van der Waals surface area (Å²) in [6.45, 7) is 12.1. The van der Waals surface area contributed by atoms with E-state index in [0.29, 0.717) is 11.7 Å². The molecule has 0 radical (unpaired) electrons. The Hall–Kier alpha value is -0.800. The van der Waals surface area contributed by atoms with E-state index in [1.165, 1.54) is 24.6 Å². The summed E-state index contributed by atoms with van der Waals surface area (Å²) in [5.41, 5.74) is 0.993. The molecule has 1 atom stereocenters. The summed E-state index contributed by atoms with van der Waals surface area (Å²) in [4.78, 5) is 11.6. The van der Waals surface area contributed by atoms with Crippen LogP contribution in [0.15, 0.2) is 36.5 Å². The maximum absolute atomic E-state index is 11.6. The largest absolute Gasteiger partial charge is 0.379 e. The van der Waals surface area contributed by atoms with Gasteiger partial charge in [-0.2, -0.15) is 0 Å². The third-order valence-electron chi connectivity index (χ3n) is 3.64. The van der Waals surface area contributed by atoms with Crippen molar-refractivity contribution in [3.8, 4) is 0 Å². The predicted octanol–water partition coefficient (Wildman–Crippen LogP) is 5.56. The zero-order valence-electron chi connectivity index (χ0n) is 14.9. The Bertz CT molecular complexity index is 394. The van der Waals surface area contributed by atoms with E-state index in [2.05, 4.69) is 33.4 Å². The van der Waals surface area contributed by atoms with E-state index in [1.54, 1.807) is 19.3 Å². The lowest BCUT2D eigenvalue weighted by atomic mass is 9.95. The predicted molar refractivity (Wildman–Crippen MR) is 99.3 cm³/mol. The number of ether oxygens (including phenoxy) is 1. The lowest BCUT2D eigenvalue weighted by Gasteiger charge is -2.23. The Morgan fingerprint density at radius 1 is 1.41 bits per heavy atom. The molecule has 0 aliphatic rings. The van der Waals surface area contributed by atoms with Crippen molar-refractivity contribution in [1.82, 2.24) is 0 Å². The van der Waals surface area contributed by atoms with Crippen molar-refractivity contribution < 1.29 is 9.53 Å².